The molecular weight excluding hydrogens is 274 g/mol. The number of hydrogen-bond acceptors (Lipinski definition) is 4. The molecule has 0 heterocycles. The van der Waals surface area contributed by atoms with Gasteiger partial charge in [0.15, 0.2) is 0 Å². The van der Waals surface area contributed by atoms with E-state index in [0.717, 1.165) is 4.47 Å². The van der Waals surface area contributed by atoms with E-state index in [1.54, 1.807) is 19.1 Å². The van der Waals surface area contributed by atoms with Crippen LogP contribution in [0.25, 0.3) is 0 Å². The van der Waals surface area contributed by atoms with E-state index >= 15 is 0 Å². The van der Waals surface area contributed by atoms with Crippen molar-refractivity contribution in [3.63, 3.8) is 0 Å². The first-order valence-corrected chi connectivity index (χ1v) is 5.50. The van der Waals surface area contributed by atoms with Crippen molar-refractivity contribution >= 4 is 21.9 Å². The Morgan fingerprint density at radius 3 is 2.81 bits per heavy atom. The first-order valence-electron chi connectivity index (χ1n) is 4.71. The number of halogens is 1. The lowest BCUT2D eigenvalue weighted by molar-refractivity contribution is -0.147. The predicted molar refractivity (Wildman–Crippen MR) is 64.2 cm³/mol. The molecule has 1 rings (SSSR count). The lowest BCUT2D eigenvalue weighted by Gasteiger charge is -2.21. The lowest BCUT2D eigenvalue weighted by atomic mass is 10.1. The van der Waals surface area contributed by atoms with Gasteiger partial charge in [0.2, 0.25) is 0 Å². The van der Waals surface area contributed by atoms with E-state index in [9.17, 15) is 4.79 Å². The zero-order valence-corrected chi connectivity index (χ0v) is 10.8. The minimum atomic E-state index is -1.14. The van der Waals surface area contributed by atoms with E-state index in [4.69, 9.17) is 10.5 Å². The van der Waals surface area contributed by atoms with E-state index in [2.05, 4.69) is 20.7 Å². The fraction of sp³-hybridized carbons (Fsp3) is 0.364. The molecular formula is C11H14BrNO3. The highest BCUT2D eigenvalue weighted by Crippen LogP contribution is 2.18. The van der Waals surface area contributed by atoms with Crippen LogP contribution in [0.3, 0.4) is 0 Å². The summed E-state index contributed by atoms with van der Waals surface area (Å²) in [6.45, 7) is 1.63. The zero-order valence-electron chi connectivity index (χ0n) is 9.20. The molecule has 0 aliphatic heterocycles. The van der Waals surface area contributed by atoms with Gasteiger partial charge in [0, 0.05) is 4.47 Å². The Balaban J connectivity index is 2.61. The topological polar surface area (TPSA) is 61.5 Å². The Kier molecular flexibility index (Phi) is 4.32. The SMILES string of the molecule is COC(=O)C(C)(N)COc1cccc(Br)c1. The third-order valence-corrected chi connectivity index (χ3v) is 2.48. The number of esters is 1. The number of ether oxygens (including phenoxy) is 2. The largest absolute Gasteiger partial charge is 0.491 e. The average molecular weight is 288 g/mol. The highest BCUT2D eigenvalue weighted by atomic mass is 79.9. The Labute approximate surface area is 103 Å². The summed E-state index contributed by atoms with van der Waals surface area (Å²) in [6.07, 6.45) is 0. The van der Waals surface area contributed by atoms with Crippen molar-refractivity contribution in [1.82, 2.24) is 0 Å². The molecule has 1 unspecified atom stereocenters. The summed E-state index contributed by atoms with van der Waals surface area (Å²) in [5.41, 5.74) is 4.60. The average Bonchev–Trinajstić information content (AvgIpc) is 2.25. The molecule has 0 aromatic heterocycles. The molecule has 0 radical (unpaired) electrons. The highest BCUT2D eigenvalue weighted by Gasteiger charge is 2.30. The summed E-state index contributed by atoms with van der Waals surface area (Å²) in [5, 5.41) is 0. The van der Waals surface area contributed by atoms with Crippen LogP contribution in [-0.2, 0) is 9.53 Å². The minimum Gasteiger partial charge on any atom is -0.491 e. The molecule has 0 spiro atoms. The lowest BCUT2D eigenvalue weighted by Crippen LogP contribution is -2.50. The third-order valence-electron chi connectivity index (χ3n) is 1.99. The molecule has 0 aliphatic rings. The maximum atomic E-state index is 11.3. The Morgan fingerprint density at radius 1 is 1.56 bits per heavy atom. The van der Waals surface area contributed by atoms with Gasteiger partial charge in [-0.05, 0) is 25.1 Å². The van der Waals surface area contributed by atoms with Crippen LogP contribution in [0, 0.1) is 0 Å². The van der Waals surface area contributed by atoms with Crippen molar-refractivity contribution < 1.29 is 14.3 Å². The summed E-state index contributed by atoms with van der Waals surface area (Å²) in [4.78, 5) is 11.3. The van der Waals surface area contributed by atoms with Crippen LogP contribution in [0.15, 0.2) is 28.7 Å². The summed E-state index contributed by atoms with van der Waals surface area (Å²) in [7, 11) is 1.30. The van der Waals surface area contributed by atoms with Crippen LogP contribution in [0.2, 0.25) is 0 Å². The molecule has 0 saturated carbocycles. The second kappa shape index (κ2) is 5.32. The van der Waals surface area contributed by atoms with E-state index in [-0.39, 0.29) is 6.61 Å². The summed E-state index contributed by atoms with van der Waals surface area (Å²) in [5.74, 6) is 0.150. The van der Waals surface area contributed by atoms with Gasteiger partial charge in [0.05, 0.1) is 7.11 Å². The fourth-order valence-electron chi connectivity index (χ4n) is 1.08. The number of carbonyl (C=O) groups excluding carboxylic acids is 1. The number of rotatable bonds is 4. The Hall–Kier alpha value is -1.07. The fourth-order valence-corrected chi connectivity index (χ4v) is 1.46. The summed E-state index contributed by atoms with van der Waals surface area (Å²) in [6, 6.07) is 7.31. The Bertz CT molecular complexity index is 379. The Morgan fingerprint density at radius 2 is 2.25 bits per heavy atom. The van der Waals surface area contributed by atoms with Gasteiger partial charge in [-0.2, -0.15) is 0 Å². The monoisotopic (exact) mass is 287 g/mol. The van der Waals surface area contributed by atoms with Gasteiger partial charge in [-0.1, -0.05) is 22.0 Å². The maximum absolute atomic E-state index is 11.3. The van der Waals surface area contributed by atoms with Gasteiger partial charge >= 0.3 is 5.97 Å². The van der Waals surface area contributed by atoms with Crippen LogP contribution >= 0.6 is 15.9 Å². The molecule has 1 aromatic carbocycles. The molecule has 5 heteroatoms. The summed E-state index contributed by atoms with van der Waals surface area (Å²) < 4.78 is 10.9. The van der Waals surface area contributed by atoms with Crippen LogP contribution in [0.1, 0.15) is 6.92 Å². The van der Waals surface area contributed by atoms with E-state index < -0.39 is 11.5 Å². The van der Waals surface area contributed by atoms with Crippen molar-refractivity contribution in [3.05, 3.63) is 28.7 Å². The van der Waals surface area contributed by atoms with Crippen LogP contribution in [0.5, 0.6) is 5.75 Å². The number of methoxy groups -OCH3 is 1. The van der Waals surface area contributed by atoms with Crippen molar-refractivity contribution in [1.29, 1.82) is 0 Å². The van der Waals surface area contributed by atoms with Crippen molar-refractivity contribution in [2.24, 2.45) is 5.73 Å². The zero-order chi connectivity index (χ0) is 12.2. The highest BCUT2D eigenvalue weighted by molar-refractivity contribution is 9.10. The van der Waals surface area contributed by atoms with Crippen molar-refractivity contribution in [2.45, 2.75) is 12.5 Å². The number of carbonyl (C=O) groups is 1. The van der Waals surface area contributed by atoms with Crippen molar-refractivity contribution in [3.8, 4) is 5.75 Å². The molecule has 0 saturated heterocycles. The first kappa shape index (κ1) is 13.0. The molecule has 1 aromatic rings. The van der Waals surface area contributed by atoms with Crippen LogP contribution in [0.4, 0.5) is 0 Å². The standard InChI is InChI=1S/C11H14BrNO3/c1-11(13,10(14)15-2)7-16-9-5-3-4-8(12)6-9/h3-6H,7,13H2,1-2H3. The second-order valence-electron chi connectivity index (χ2n) is 3.66. The van der Waals surface area contributed by atoms with Gasteiger partial charge in [-0.25, -0.2) is 4.79 Å². The molecule has 0 amide bonds. The number of benzene rings is 1. The molecule has 0 aliphatic carbocycles. The number of nitrogens with two attached hydrogens (primary N) is 1. The van der Waals surface area contributed by atoms with Crippen LogP contribution < -0.4 is 10.5 Å². The quantitative estimate of drug-likeness (QED) is 0.857. The van der Waals surface area contributed by atoms with Gasteiger partial charge in [-0.3, -0.25) is 0 Å². The van der Waals surface area contributed by atoms with Gasteiger partial charge in [0.25, 0.3) is 0 Å². The smallest absolute Gasteiger partial charge is 0.329 e. The molecule has 2 N–H and O–H groups in total. The predicted octanol–water partition coefficient (Wildman–Crippen LogP) is 1.72. The number of hydrogen-bond donors (Lipinski definition) is 1. The van der Waals surface area contributed by atoms with E-state index in [1.165, 1.54) is 7.11 Å². The second-order valence-corrected chi connectivity index (χ2v) is 4.57. The molecule has 16 heavy (non-hydrogen) atoms. The third kappa shape index (κ3) is 3.50. The van der Waals surface area contributed by atoms with Crippen LogP contribution in [-0.4, -0.2) is 25.2 Å². The van der Waals surface area contributed by atoms with Gasteiger partial charge in [-0.15, -0.1) is 0 Å². The van der Waals surface area contributed by atoms with E-state index in [0.29, 0.717) is 5.75 Å². The molecule has 4 nitrogen and oxygen atoms in total. The first-order chi connectivity index (χ1) is 7.45. The van der Waals surface area contributed by atoms with E-state index in [1.807, 2.05) is 12.1 Å². The van der Waals surface area contributed by atoms with Crippen molar-refractivity contribution in [2.75, 3.05) is 13.7 Å². The van der Waals surface area contributed by atoms with Gasteiger partial charge in [0.1, 0.15) is 17.9 Å². The normalized spacial score (nSPS) is 14.0. The van der Waals surface area contributed by atoms with Gasteiger partial charge < -0.3 is 15.2 Å². The summed E-state index contributed by atoms with van der Waals surface area (Å²) >= 11 is 3.32. The molecule has 1 atom stereocenters. The molecule has 0 bridgehead atoms. The molecule has 88 valence electrons. The molecule has 0 fully saturated rings. The maximum Gasteiger partial charge on any atom is 0.329 e. The minimum absolute atomic E-state index is 0.0656.